The fraction of sp³-hybridized carbons (Fsp3) is 0.364. The number of benzene rings is 1. The van der Waals surface area contributed by atoms with Crippen LogP contribution in [0.1, 0.15) is 48.7 Å². The zero-order chi connectivity index (χ0) is 21.3. The Morgan fingerprint density at radius 1 is 1.30 bits per heavy atom. The SMILES string of the molecule is CC(C)c1cc(N2CCC(N)CC2)c(NC(=O)c2csc(-c3cccs3)n2)cc1F. The van der Waals surface area contributed by atoms with Crippen molar-refractivity contribution in [3.63, 3.8) is 0 Å². The molecule has 0 spiro atoms. The third kappa shape index (κ3) is 4.40. The molecule has 0 radical (unpaired) electrons. The first-order chi connectivity index (χ1) is 14.4. The van der Waals surface area contributed by atoms with Crippen molar-refractivity contribution < 1.29 is 9.18 Å². The number of thiazole rings is 1. The van der Waals surface area contributed by atoms with Crippen LogP contribution in [-0.4, -0.2) is 30.0 Å². The monoisotopic (exact) mass is 444 g/mol. The number of nitrogens with zero attached hydrogens (tertiary/aromatic N) is 2. The summed E-state index contributed by atoms with van der Waals surface area (Å²) in [4.78, 5) is 20.6. The Morgan fingerprint density at radius 3 is 2.73 bits per heavy atom. The summed E-state index contributed by atoms with van der Waals surface area (Å²) in [5.74, 6) is -0.594. The number of aromatic nitrogens is 1. The maximum absolute atomic E-state index is 14.8. The largest absolute Gasteiger partial charge is 0.370 e. The molecular weight excluding hydrogens is 419 g/mol. The highest BCUT2D eigenvalue weighted by Crippen LogP contribution is 2.35. The minimum atomic E-state index is -0.333. The van der Waals surface area contributed by atoms with Crippen LogP contribution in [0.25, 0.3) is 9.88 Å². The topological polar surface area (TPSA) is 71.2 Å². The molecule has 3 N–H and O–H groups in total. The van der Waals surface area contributed by atoms with Gasteiger partial charge in [-0.3, -0.25) is 4.79 Å². The number of carbonyl (C=O) groups excluding carboxylic acids is 1. The summed E-state index contributed by atoms with van der Waals surface area (Å²) in [5.41, 5.74) is 8.35. The molecule has 3 aromatic rings. The molecule has 0 atom stereocenters. The number of piperidine rings is 1. The molecule has 1 aliphatic rings. The molecule has 0 aliphatic carbocycles. The van der Waals surface area contributed by atoms with Gasteiger partial charge in [-0.25, -0.2) is 9.37 Å². The molecule has 0 bridgehead atoms. The van der Waals surface area contributed by atoms with E-state index in [9.17, 15) is 9.18 Å². The van der Waals surface area contributed by atoms with Crippen LogP contribution in [0.3, 0.4) is 0 Å². The number of rotatable bonds is 5. The van der Waals surface area contributed by atoms with Crippen molar-refractivity contribution in [3.05, 3.63) is 52.1 Å². The maximum Gasteiger partial charge on any atom is 0.275 e. The molecule has 5 nitrogen and oxygen atoms in total. The Hall–Kier alpha value is -2.29. The highest BCUT2D eigenvalue weighted by molar-refractivity contribution is 7.20. The van der Waals surface area contributed by atoms with Crippen molar-refractivity contribution in [2.24, 2.45) is 5.73 Å². The number of amides is 1. The Bertz CT molecular complexity index is 1020. The molecule has 3 heterocycles. The van der Waals surface area contributed by atoms with Crippen molar-refractivity contribution in [1.82, 2.24) is 4.98 Å². The number of anilines is 2. The van der Waals surface area contributed by atoms with Gasteiger partial charge in [-0.05, 0) is 47.9 Å². The fourth-order valence-corrected chi connectivity index (χ4v) is 5.21. The number of nitrogens with one attached hydrogen (secondary N) is 1. The fourth-order valence-electron chi connectivity index (χ4n) is 3.60. The van der Waals surface area contributed by atoms with Gasteiger partial charge in [0.15, 0.2) is 0 Å². The standard InChI is InChI=1S/C22H25FN4OS2/c1-13(2)15-10-19(27-7-5-14(24)6-8-27)17(11-16(15)23)25-21(28)18-12-30-22(26-18)20-4-3-9-29-20/h3-4,9-14H,5-8,24H2,1-2H3,(H,25,28). The molecule has 1 aromatic carbocycles. The minimum Gasteiger partial charge on any atom is -0.370 e. The van der Waals surface area contributed by atoms with Gasteiger partial charge in [0.25, 0.3) is 5.91 Å². The summed E-state index contributed by atoms with van der Waals surface area (Å²) in [6, 6.07) is 7.42. The molecule has 0 saturated carbocycles. The molecule has 1 amide bonds. The zero-order valence-corrected chi connectivity index (χ0v) is 18.7. The van der Waals surface area contributed by atoms with Crippen molar-refractivity contribution in [2.45, 2.75) is 38.6 Å². The quantitative estimate of drug-likeness (QED) is 0.559. The summed E-state index contributed by atoms with van der Waals surface area (Å²) in [6.45, 7) is 5.50. The Morgan fingerprint density at radius 2 is 2.07 bits per heavy atom. The third-order valence-electron chi connectivity index (χ3n) is 5.33. The molecular formula is C22H25FN4OS2. The predicted molar refractivity (Wildman–Crippen MR) is 123 cm³/mol. The number of nitrogens with two attached hydrogens (primary N) is 1. The summed E-state index contributed by atoms with van der Waals surface area (Å²) in [7, 11) is 0. The van der Waals surface area contributed by atoms with Crippen LogP contribution in [0.15, 0.2) is 35.0 Å². The normalized spacial score (nSPS) is 15.0. The van der Waals surface area contributed by atoms with E-state index in [1.165, 1.54) is 17.4 Å². The maximum atomic E-state index is 14.8. The number of halogens is 1. The lowest BCUT2D eigenvalue weighted by molar-refractivity contribution is 0.102. The lowest BCUT2D eigenvalue weighted by Gasteiger charge is -2.34. The summed E-state index contributed by atoms with van der Waals surface area (Å²) >= 11 is 3.01. The average molecular weight is 445 g/mol. The van der Waals surface area contributed by atoms with E-state index in [4.69, 9.17) is 5.73 Å². The van der Waals surface area contributed by atoms with Gasteiger partial charge in [0.2, 0.25) is 0 Å². The molecule has 158 valence electrons. The molecule has 30 heavy (non-hydrogen) atoms. The van der Waals surface area contributed by atoms with E-state index in [1.54, 1.807) is 16.7 Å². The van der Waals surface area contributed by atoms with E-state index in [0.29, 0.717) is 16.9 Å². The number of hydrogen-bond acceptors (Lipinski definition) is 6. The summed E-state index contributed by atoms with van der Waals surface area (Å²) in [6.07, 6.45) is 1.75. The number of hydrogen-bond donors (Lipinski definition) is 2. The van der Waals surface area contributed by atoms with Crippen molar-refractivity contribution >= 4 is 40.0 Å². The third-order valence-corrected chi connectivity index (χ3v) is 7.22. The van der Waals surface area contributed by atoms with E-state index in [-0.39, 0.29) is 23.7 Å². The zero-order valence-electron chi connectivity index (χ0n) is 17.0. The predicted octanol–water partition coefficient (Wildman–Crippen LogP) is 5.31. The summed E-state index contributed by atoms with van der Waals surface area (Å²) in [5, 5.41) is 7.42. The molecule has 4 rings (SSSR count). The lowest BCUT2D eigenvalue weighted by atomic mass is 9.99. The van der Waals surface area contributed by atoms with Gasteiger partial charge in [-0.2, -0.15) is 0 Å². The second-order valence-corrected chi connectivity index (χ2v) is 9.65. The smallest absolute Gasteiger partial charge is 0.275 e. The van der Waals surface area contributed by atoms with Gasteiger partial charge in [-0.1, -0.05) is 19.9 Å². The molecule has 8 heteroatoms. The average Bonchev–Trinajstić information content (AvgIpc) is 3.40. The van der Waals surface area contributed by atoms with Gasteiger partial charge in [0, 0.05) is 24.5 Å². The van der Waals surface area contributed by atoms with Gasteiger partial charge >= 0.3 is 0 Å². The second-order valence-electron chi connectivity index (χ2n) is 7.84. The molecule has 1 saturated heterocycles. The number of carbonyl (C=O) groups is 1. The Balaban J connectivity index is 1.62. The van der Waals surface area contributed by atoms with Crippen LogP contribution in [-0.2, 0) is 0 Å². The Kier molecular flexibility index (Phi) is 6.17. The van der Waals surface area contributed by atoms with E-state index in [1.807, 2.05) is 37.4 Å². The van der Waals surface area contributed by atoms with E-state index >= 15 is 0 Å². The van der Waals surface area contributed by atoms with Crippen LogP contribution in [0.4, 0.5) is 15.8 Å². The van der Waals surface area contributed by atoms with Crippen LogP contribution in [0.5, 0.6) is 0 Å². The highest BCUT2D eigenvalue weighted by atomic mass is 32.1. The van der Waals surface area contributed by atoms with Gasteiger partial charge in [-0.15, -0.1) is 22.7 Å². The molecule has 0 unspecified atom stereocenters. The van der Waals surface area contributed by atoms with Crippen LogP contribution in [0, 0.1) is 5.82 Å². The van der Waals surface area contributed by atoms with Gasteiger partial charge in [0.1, 0.15) is 16.5 Å². The second kappa shape index (κ2) is 8.83. The lowest BCUT2D eigenvalue weighted by Crippen LogP contribution is -2.40. The van der Waals surface area contributed by atoms with Gasteiger partial charge < -0.3 is 16.0 Å². The van der Waals surface area contributed by atoms with Crippen LogP contribution >= 0.6 is 22.7 Å². The van der Waals surface area contributed by atoms with Gasteiger partial charge in [0.05, 0.1) is 16.3 Å². The minimum absolute atomic E-state index is 0.0486. The van der Waals surface area contributed by atoms with Crippen molar-refractivity contribution in [1.29, 1.82) is 0 Å². The molecule has 1 fully saturated rings. The molecule has 1 aliphatic heterocycles. The summed E-state index contributed by atoms with van der Waals surface area (Å²) < 4.78 is 14.8. The van der Waals surface area contributed by atoms with Crippen LogP contribution < -0.4 is 16.0 Å². The van der Waals surface area contributed by atoms with E-state index in [0.717, 1.165) is 41.5 Å². The van der Waals surface area contributed by atoms with Crippen molar-refractivity contribution in [3.8, 4) is 9.88 Å². The van der Waals surface area contributed by atoms with E-state index < -0.39 is 0 Å². The van der Waals surface area contributed by atoms with Crippen LogP contribution in [0.2, 0.25) is 0 Å². The van der Waals surface area contributed by atoms with E-state index in [2.05, 4.69) is 15.2 Å². The highest BCUT2D eigenvalue weighted by Gasteiger charge is 2.23. The first-order valence-corrected chi connectivity index (χ1v) is 11.8. The Labute approximate surface area is 183 Å². The first kappa shape index (κ1) is 21.0. The van der Waals surface area contributed by atoms with Crippen molar-refractivity contribution in [2.75, 3.05) is 23.3 Å². The number of thiophene rings is 1. The first-order valence-electron chi connectivity index (χ1n) is 10.1. The molecule has 2 aromatic heterocycles.